The van der Waals surface area contributed by atoms with Crippen LogP contribution in [0.5, 0.6) is 0 Å². The summed E-state index contributed by atoms with van der Waals surface area (Å²) in [6.45, 7) is 5.30. The molecule has 4 aromatic rings. The zero-order valence-corrected chi connectivity index (χ0v) is 22.7. The number of carbonyl (C=O) groups is 1. The Hall–Kier alpha value is -4.15. The van der Waals surface area contributed by atoms with Gasteiger partial charge < -0.3 is 5.32 Å². The lowest BCUT2D eigenvalue weighted by Gasteiger charge is -2.15. The summed E-state index contributed by atoms with van der Waals surface area (Å²) in [6, 6.07) is 24.0. The molecule has 0 spiro atoms. The highest BCUT2D eigenvalue weighted by atomic mass is 32.2. The first kappa shape index (κ1) is 26.9. The lowest BCUT2D eigenvalue weighted by atomic mass is 10.1. The molecule has 10 heteroatoms. The zero-order valence-electron chi connectivity index (χ0n) is 21.0. The second-order valence-corrected chi connectivity index (χ2v) is 12.1. The van der Waals surface area contributed by atoms with Crippen LogP contribution >= 0.6 is 0 Å². The number of para-hydroxylation sites is 1. The molecule has 0 aliphatic heterocycles. The number of anilines is 3. The van der Waals surface area contributed by atoms with Gasteiger partial charge in [0.1, 0.15) is 0 Å². The van der Waals surface area contributed by atoms with Crippen molar-refractivity contribution < 1.29 is 21.6 Å². The maximum Gasteiger partial charge on any atom is 0.261 e. The third-order valence-electron chi connectivity index (χ3n) is 6.02. The Balaban J connectivity index is 1.50. The van der Waals surface area contributed by atoms with E-state index in [4.69, 9.17) is 0 Å². The standard InChI is InChI=1S/C28H27N3O5S2/c1-19-9-7-10-20(2)27(19)31-38(35,36)24-17-15-22(16-18-24)29-28(32)25-13-8-14-26(21(25)3)30-37(33,34)23-11-5-4-6-12-23/h4-18,30-31H,1-3H3,(H,29,32). The number of hydrogen-bond acceptors (Lipinski definition) is 5. The van der Waals surface area contributed by atoms with Crippen LogP contribution in [0.25, 0.3) is 0 Å². The van der Waals surface area contributed by atoms with Crippen molar-refractivity contribution in [2.24, 2.45) is 0 Å². The molecule has 0 saturated heterocycles. The fourth-order valence-electron chi connectivity index (χ4n) is 3.88. The number of sulfonamides is 2. The van der Waals surface area contributed by atoms with E-state index in [1.165, 1.54) is 36.4 Å². The molecule has 0 radical (unpaired) electrons. The molecule has 0 aromatic heterocycles. The Morgan fingerprint density at radius 3 is 1.79 bits per heavy atom. The molecular weight excluding hydrogens is 522 g/mol. The van der Waals surface area contributed by atoms with Crippen molar-refractivity contribution in [2.75, 3.05) is 14.8 Å². The molecule has 8 nitrogen and oxygen atoms in total. The molecule has 0 atom stereocenters. The van der Waals surface area contributed by atoms with Crippen LogP contribution in [-0.2, 0) is 20.0 Å². The SMILES string of the molecule is Cc1cccc(C)c1NS(=O)(=O)c1ccc(NC(=O)c2cccc(NS(=O)(=O)c3ccccc3)c2C)cc1. The Bertz CT molecular complexity index is 1680. The van der Waals surface area contributed by atoms with E-state index in [0.29, 0.717) is 16.9 Å². The van der Waals surface area contributed by atoms with Gasteiger partial charge in [-0.15, -0.1) is 0 Å². The molecule has 0 unspecified atom stereocenters. The maximum atomic E-state index is 13.0. The van der Waals surface area contributed by atoms with Crippen LogP contribution in [0.3, 0.4) is 0 Å². The highest BCUT2D eigenvalue weighted by molar-refractivity contribution is 7.93. The minimum Gasteiger partial charge on any atom is -0.322 e. The molecule has 38 heavy (non-hydrogen) atoms. The van der Waals surface area contributed by atoms with E-state index < -0.39 is 26.0 Å². The first-order chi connectivity index (χ1) is 18.0. The van der Waals surface area contributed by atoms with Gasteiger partial charge in [0.2, 0.25) is 0 Å². The molecule has 1 amide bonds. The second-order valence-electron chi connectivity index (χ2n) is 8.75. The van der Waals surface area contributed by atoms with Crippen LogP contribution in [-0.4, -0.2) is 22.7 Å². The topological polar surface area (TPSA) is 121 Å². The second kappa shape index (κ2) is 10.7. The van der Waals surface area contributed by atoms with Crippen molar-refractivity contribution in [3.63, 3.8) is 0 Å². The fraction of sp³-hybridized carbons (Fsp3) is 0.107. The largest absolute Gasteiger partial charge is 0.322 e. The highest BCUT2D eigenvalue weighted by Gasteiger charge is 2.19. The lowest BCUT2D eigenvalue weighted by molar-refractivity contribution is 0.102. The number of aryl methyl sites for hydroxylation is 2. The van der Waals surface area contributed by atoms with Crippen LogP contribution in [0.2, 0.25) is 0 Å². The summed E-state index contributed by atoms with van der Waals surface area (Å²) in [5.74, 6) is -0.465. The van der Waals surface area contributed by atoms with E-state index in [0.717, 1.165) is 11.1 Å². The molecule has 0 aliphatic carbocycles. The third kappa shape index (κ3) is 5.87. The highest BCUT2D eigenvalue weighted by Crippen LogP contribution is 2.26. The minimum absolute atomic E-state index is 0.0478. The fourth-order valence-corrected chi connectivity index (χ4v) is 6.23. The predicted octanol–water partition coefficient (Wildman–Crippen LogP) is 5.47. The van der Waals surface area contributed by atoms with Crippen LogP contribution in [0.15, 0.2) is 101 Å². The van der Waals surface area contributed by atoms with Crippen molar-refractivity contribution in [3.8, 4) is 0 Å². The first-order valence-electron chi connectivity index (χ1n) is 11.7. The van der Waals surface area contributed by atoms with Gasteiger partial charge >= 0.3 is 0 Å². The molecule has 4 aromatic carbocycles. The summed E-state index contributed by atoms with van der Waals surface area (Å²) in [6.07, 6.45) is 0. The van der Waals surface area contributed by atoms with Gasteiger partial charge in [-0.1, -0.05) is 42.5 Å². The first-order valence-corrected chi connectivity index (χ1v) is 14.6. The molecule has 0 bridgehead atoms. The lowest BCUT2D eigenvalue weighted by Crippen LogP contribution is -2.17. The van der Waals surface area contributed by atoms with E-state index in [9.17, 15) is 21.6 Å². The number of carbonyl (C=O) groups excluding carboxylic acids is 1. The zero-order chi connectivity index (χ0) is 27.5. The average Bonchev–Trinajstić information content (AvgIpc) is 2.88. The number of rotatable bonds is 8. The van der Waals surface area contributed by atoms with E-state index in [2.05, 4.69) is 14.8 Å². The summed E-state index contributed by atoms with van der Waals surface area (Å²) in [5.41, 5.74) is 3.52. The molecule has 4 rings (SSSR count). The number of hydrogen-bond donors (Lipinski definition) is 3. The van der Waals surface area contributed by atoms with Gasteiger partial charge in [0.05, 0.1) is 21.2 Å². The van der Waals surface area contributed by atoms with Crippen LogP contribution in [0, 0.1) is 20.8 Å². The van der Waals surface area contributed by atoms with Gasteiger partial charge in [-0.25, -0.2) is 16.8 Å². The van der Waals surface area contributed by atoms with Gasteiger partial charge in [-0.2, -0.15) is 0 Å². The molecular formula is C28H27N3O5S2. The number of nitrogens with one attached hydrogen (secondary N) is 3. The van der Waals surface area contributed by atoms with Crippen LogP contribution in [0.4, 0.5) is 17.1 Å². The summed E-state index contributed by atoms with van der Waals surface area (Å²) in [5, 5.41) is 2.74. The monoisotopic (exact) mass is 549 g/mol. The number of amides is 1. The van der Waals surface area contributed by atoms with Gasteiger partial charge in [0, 0.05) is 11.3 Å². The summed E-state index contributed by atoms with van der Waals surface area (Å²) in [4.78, 5) is 13.2. The predicted molar refractivity (Wildman–Crippen MR) is 150 cm³/mol. The Morgan fingerprint density at radius 1 is 0.605 bits per heavy atom. The van der Waals surface area contributed by atoms with E-state index >= 15 is 0 Å². The van der Waals surface area contributed by atoms with Gasteiger partial charge in [-0.05, 0) is 86.0 Å². The molecule has 0 saturated carbocycles. The van der Waals surface area contributed by atoms with Gasteiger partial charge in [-0.3, -0.25) is 14.2 Å². The quantitative estimate of drug-likeness (QED) is 0.269. The molecule has 0 fully saturated rings. The summed E-state index contributed by atoms with van der Waals surface area (Å²) in [7, 11) is -7.66. The summed E-state index contributed by atoms with van der Waals surface area (Å²) < 4.78 is 56.4. The Morgan fingerprint density at radius 2 is 1.16 bits per heavy atom. The molecule has 3 N–H and O–H groups in total. The Labute approximate surface area is 222 Å². The van der Waals surface area contributed by atoms with Crippen molar-refractivity contribution in [1.29, 1.82) is 0 Å². The molecule has 196 valence electrons. The van der Waals surface area contributed by atoms with Crippen LogP contribution in [0.1, 0.15) is 27.0 Å². The maximum absolute atomic E-state index is 13.0. The normalized spacial score (nSPS) is 11.6. The average molecular weight is 550 g/mol. The van der Waals surface area contributed by atoms with E-state index in [1.54, 1.807) is 43.3 Å². The third-order valence-corrected chi connectivity index (χ3v) is 8.76. The van der Waals surface area contributed by atoms with Gasteiger partial charge in [0.15, 0.2) is 0 Å². The van der Waals surface area contributed by atoms with Crippen molar-refractivity contribution in [2.45, 2.75) is 30.6 Å². The minimum atomic E-state index is -3.84. The van der Waals surface area contributed by atoms with Crippen molar-refractivity contribution >= 4 is 43.0 Å². The molecule has 0 aliphatic rings. The number of benzene rings is 4. The van der Waals surface area contributed by atoms with Crippen LogP contribution < -0.4 is 14.8 Å². The molecule has 0 heterocycles. The van der Waals surface area contributed by atoms with Gasteiger partial charge in [0.25, 0.3) is 26.0 Å². The summed E-state index contributed by atoms with van der Waals surface area (Å²) >= 11 is 0. The van der Waals surface area contributed by atoms with E-state index in [1.807, 2.05) is 32.0 Å². The van der Waals surface area contributed by atoms with Crippen molar-refractivity contribution in [1.82, 2.24) is 0 Å². The van der Waals surface area contributed by atoms with Crippen molar-refractivity contribution in [3.05, 3.63) is 113 Å². The Kier molecular flexibility index (Phi) is 7.56. The smallest absolute Gasteiger partial charge is 0.261 e. The van der Waals surface area contributed by atoms with E-state index in [-0.39, 0.29) is 21.0 Å².